The first kappa shape index (κ1) is 20.2. The first-order valence-electron chi connectivity index (χ1n) is 10.1. The molecule has 1 fully saturated rings. The standard InChI is InChI=1S/C24H25N3O3/c28-26(29)23-13-11-20(12-14-23)15-24-17-25(16-21-7-3-1-4-8-21)19-27(24,30)18-22-9-5-2-6-10-22/h1-14,24H,15-19H2. The van der Waals surface area contributed by atoms with E-state index >= 15 is 0 Å². The molecule has 0 radical (unpaired) electrons. The Bertz CT molecular complexity index is 980. The Morgan fingerprint density at radius 3 is 2.07 bits per heavy atom. The van der Waals surface area contributed by atoms with Gasteiger partial charge in [-0.25, -0.2) is 4.90 Å². The van der Waals surface area contributed by atoms with Crippen molar-refractivity contribution >= 4 is 5.69 Å². The summed E-state index contributed by atoms with van der Waals surface area (Å²) in [5.74, 6) is 0. The highest BCUT2D eigenvalue weighted by Crippen LogP contribution is 2.30. The van der Waals surface area contributed by atoms with E-state index in [4.69, 9.17) is 0 Å². The number of nitro benzene ring substituents is 1. The third-order valence-corrected chi connectivity index (χ3v) is 5.73. The minimum Gasteiger partial charge on any atom is -0.631 e. The molecular weight excluding hydrogens is 378 g/mol. The van der Waals surface area contributed by atoms with E-state index in [9.17, 15) is 15.3 Å². The van der Waals surface area contributed by atoms with E-state index in [0.717, 1.165) is 17.7 Å². The molecule has 4 rings (SSSR count). The number of hydrogen-bond donors (Lipinski definition) is 0. The highest BCUT2D eigenvalue weighted by atomic mass is 16.6. The van der Waals surface area contributed by atoms with Crippen LogP contribution >= 0.6 is 0 Å². The molecule has 0 N–H and O–H groups in total. The molecule has 1 aliphatic rings. The van der Waals surface area contributed by atoms with Crippen molar-refractivity contribution in [3.05, 3.63) is 117 Å². The Balaban J connectivity index is 1.54. The molecule has 154 valence electrons. The van der Waals surface area contributed by atoms with Crippen molar-refractivity contribution in [1.82, 2.24) is 4.90 Å². The molecule has 3 aromatic rings. The van der Waals surface area contributed by atoms with Gasteiger partial charge in [-0.3, -0.25) is 10.1 Å². The summed E-state index contributed by atoms with van der Waals surface area (Å²) in [6.45, 7) is 2.29. The molecule has 0 amide bonds. The van der Waals surface area contributed by atoms with Crippen LogP contribution in [-0.4, -0.2) is 33.7 Å². The third-order valence-electron chi connectivity index (χ3n) is 5.73. The Kier molecular flexibility index (Phi) is 5.90. The fourth-order valence-electron chi connectivity index (χ4n) is 4.24. The highest BCUT2D eigenvalue weighted by Gasteiger charge is 2.39. The van der Waals surface area contributed by atoms with E-state index < -0.39 is 4.92 Å². The van der Waals surface area contributed by atoms with Gasteiger partial charge in [0.1, 0.15) is 19.3 Å². The normalized spacial score (nSPS) is 21.6. The molecule has 0 aromatic heterocycles. The minimum atomic E-state index is -0.399. The van der Waals surface area contributed by atoms with Crippen LogP contribution in [0.3, 0.4) is 0 Å². The second-order valence-corrected chi connectivity index (χ2v) is 8.02. The van der Waals surface area contributed by atoms with Crippen LogP contribution in [0.4, 0.5) is 5.69 Å². The van der Waals surface area contributed by atoms with Gasteiger partial charge >= 0.3 is 0 Å². The van der Waals surface area contributed by atoms with Gasteiger partial charge in [-0.15, -0.1) is 0 Å². The molecule has 30 heavy (non-hydrogen) atoms. The van der Waals surface area contributed by atoms with Crippen molar-refractivity contribution in [2.45, 2.75) is 25.6 Å². The van der Waals surface area contributed by atoms with Gasteiger partial charge in [-0.1, -0.05) is 72.8 Å². The summed E-state index contributed by atoms with van der Waals surface area (Å²) in [6, 6.07) is 26.5. The number of hydrogen-bond acceptors (Lipinski definition) is 4. The molecule has 3 aromatic carbocycles. The predicted octanol–water partition coefficient (Wildman–Crippen LogP) is 4.49. The van der Waals surface area contributed by atoms with E-state index in [1.165, 1.54) is 17.7 Å². The zero-order chi connectivity index (χ0) is 21.0. The van der Waals surface area contributed by atoms with Crippen LogP contribution in [0.15, 0.2) is 84.9 Å². The van der Waals surface area contributed by atoms with Gasteiger partial charge < -0.3 is 9.85 Å². The van der Waals surface area contributed by atoms with Crippen molar-refractivity contribution in [2.24, 2.45) is 0 Å². The fraction of sp³-hybridized carbons (Fsp3) is 0.250. The summed E-state index contributed by atoms with van der Waals surface area (Å²) >= 11 is 0. The Morgan fingerprint density at radius 2 is 1.47 bits per heavy atom. The van der Waals surface area contributed by atoms with Gasteiger partial charge in [-0.2, -0.15) is 0 Å². The van der Waals surface area contributed by atoms with Crippen LogP contribution in [-0.2, 0) is 19.5 Å². The second-order valence-electron chi connectivity index (χ2n) is 8.02. The maximum absolute atomic E-state index is 14.0. The van der Waals surface area contributed by atoms with Gasteiger partial charge in [0.05, 0.1) is 11.5 Å². The maximum atomic E-state index is 14.0. The van der Waals surface area contributed by atoms with Crippen molar-refractivity contribution in [3.63, 3.8) is 0 Å². The number of non-ortho nitro benzene ring substituents is 1. The van der Waals surface area contributed by atoms with Crippen molar-refractivity contribution < 1.29 is 9.57 Å². The van der Waals surface area contributed by atoms with Crippen LogP contribution in [0.5, 0.6) is 0 Å². The van der Waals surface area contributed by atoms with Gasteiger partial charge in [-0.05, 0) is 11.1 Å². The topological polar surface area (TPSA) is 69.4 Å². The number of hydroxylamine groups is 3. The first-order valence-corrected chi connectivity index (χ1v) is 10.1. The fourth-order valence-corrected chi connectivity index (χ4v) is 4.24. The smallest absolute Gasteiger partial charge is 0.269 e. The summed E-state index contributed by atoms with van der Waals surface area (Å²) in [5, 5.41) is 24.9. The maximum Gasteiger partial charge on any atom is 0.269 e. The first-order chi connectivity index (χ1) is 14.5. The highest BCUT2D eigenvalue weighted by molar-refractivity contribution is 5.33. The zero-order valence-electron chi connectivity index (χ0n) is 16.8. The summed E-state index contributed by atoms with van der Waals surface area (Å²) in [4.78, 5) is 12.8. The monoisotopic (exact) mass is 403 g/mol. The van der Waals surface area contributed by atoms with E-state index in [1.807, 2.05) is 48.5 Å². The summed E-state index contributed by atoms with van der Waals surface area (Å²) in [6.07, 6.45) is 0.597. The van der Waals surface area contributed by atoms with Gasteiger partial charge in [0.15, 0.2) is 0 Å². The van der Waals surface area contributed by atoms with E-state index in [-0.39, 0.29) is 16.4 Å². The van der Waals surface area contributed by atoms with E-state index in [1.54, 1.807) is 12.1 Å². The van der Waals surface area contributed by atoms with Crippen molar-refractivity contribution in [1.29, 1.82) is 0 Å². The Morgan fingerprint density at radius 1 is 0.867 bits per heavy atom. The molecule has 6 heteroatoms. The zero-order valence-corrected chi connectivity index (χ0v) is 16.8. The van der Waals surface area contributed by atoms with Crippen LogP contribution < -0.4 is 0 Å². The lowest BCUT2D eigenvalue weighted by atomic mass is 10.0. The summed E-state index contributed by atoms with van der Waals surface area (Å²) in [7, 11) is 0. The van der Waals surface area contributed by atoms with Gasteiger partial charge in [0, 0.05) is 30.7 Å². The lowest BCUT2D eigenvalue weighted by Gasteiger charge is -2.43. The average molecular weight is 403 g/mol. The molecule has 1 heterocycles. The van der Waals surface area contributed by atoms with Crippen LogP contribution in [0.1, 0.15) is 16.7 Å². The molecular formula is C24H25N3O3. The molecule has 0 spiro atoms. The lowest BCUT2D eigenvalue weighted by Crippen LogP contribution is -2.47. The lowest BCUT2D eigenvalue weighted by molar-refractivity contribution is -0.909. The number of rotatable bonds is 7. The van der Waals surface area contributed by atoms with E-state index in [0.29, 0.717) is 26.2 Å². The number of nitrogens with zero attached hydrogens (tertiary/aromatic N) is 3. The third kappa shape index (κ3) is 4.74. The SMILES string of the molecule is O=[N+]([O-])c1ccc(CC2CN(Cc3ccccc3)C[N+]2([O-])Cc2ccccc2)cc1. The summed E-state index contributed by atoms with van der Waals surface area (Å²) < 4.78 is -0.312. The molecule has 2 atom stereocenters. The molecule has 0 aliphatic carbocycles. The second kappa shape index (κ2) is 8.75. The molecule has 2 unspecified atom stereocenters. The van der Waals surface area contributed by atoms with Gasteiger partial charge in [0.2, 0.25) is 0 Å². The number of nitro groups is 1. The van der Waals surface area contributed by atoms with Crippen molar-refractivity contribution in [2.75, 3.05) is 13.2 Å². The predicted molar refractivity (Wildman–Crippen MR) is 116 cm³/mol. The molecule has 6 nitrogen and oxygen atoms in total. The number of quaternary nitrogens is 1. The van der Waals surface area contributed by atoms with E-state index in [2.05, 4.69) is 17.0 Å². The Hall–Kier alpha value is -3.06. The molecule has 0 bridgehead atoms. The van der Waals surface area contributed by atoms with Crippen LogP contribution in [0.2, 0.25) is 0 Å². The summed E-state index contributed by atoms with van der Waals surface area (Å²) in [5.41, 5.74) is 3.25. The molecule has 1 saturated heterocycles. The quantitative estimate of drug-likeness (QED) is 0.252. The average Bonchev–Trinajstić information content (AvgIpc) is 3.04. The largest absolute Gasteiger partial charge is 0.631 e. The molecule has 0 saturated carbocycles. The Labute approximate surface area is 176 Å². The van der Waals surface area contributed by atoms with Crippen LogP contribution in [0, 0.1) is 15.3 Å². The number of benzene rings is 3. The van der Waals surface area contributed by atoms with Crippen molar-refractivity contribution in [3.8, 4) is 0 Å². The minimum absolute atomic E-state index is 0.0723. The molecule has 1 aliphatic heterocycles. The van der Waals surface area contributed by atoms with Gasteiger partial charge in [0.25, 0.3) is 5.69 Å². The van der Waals surface area contributed by atoms with Crippen LogP contribution in [0.25, 0.3) is 0 Å².